The van der Waals surface area contributed by atoms with Crippen LogP contribution in [-0.2, 0) is 0 Å². The molecule has 0 aromatic carbocycles. The average molecular weight is 230 g/mol. The number of anilines is 1. The Morgan fingerprint density at radius 3 is 2.53 bits per heavy atom. The lowest BCUT2D eigenvalue weighted by molar-refractivity contribution is 0.287. The molecule has 1 aromatic rings. The Hall–Kier alpha value is -1.60. The van der Waals surface area contributed by atoms with Crippen LogP contribution in [-0.4, -0.2) is 47.8 Å². The smallest absolute Gasteiger partial charge is 0.151 e. The Morgan fingerprint density at radius 1 is 1.18 bits per heavy atom. The number of nitrogens with zero attached hydrogens (tertiary/aromatic N) is 4. The minimum atomic E-state index is 0.879. The minimum Gasteiger partial charge on any atom is -0.353 e. The summed E-state index contributed by atoms with van der Waals surface area (Å²) < 4.78 is 0. The molecule has 0 unspecified atom stereocenters. The molecule has 0 spiro atoms. The molecule has 0 radical (unpaired) electrons. The molecular weight excluding hydrogens is 212 g/mol. The number of aryl methyl sites for hydroxylation is 1. The first-order valence-corrected chi connectivity index (χ1v) is 5.97. The van der Waals surface area contributed by atoms with Crippen LogP contribution >= 0.6 is 0 Å². The maximum absolute atomic E-state index is 4.22. The number of hydrogen-bond acceptors (Lipinski definition) is 4. The van der Waals surface area contributed by atoms with E-state index in [2.05, 4.69) is 31.8 Å². The fraction of sp³-hybridized carbons (Fsp3) is 0.538. The van der Waals surface area contributed by atoms with Gasteiger partial charge in [-0.25, -0.2) is 0 Å². The molecule has 0 amide bonds. The van der Waals surface area contributed by atoms with Crippen LogP contribution in [0.2, 0.25) is 0 Å². The van der Waals surface area contributed by atoms with Crippen molar-refractivity contribution in [2.24, 2.45) is 0 Å². The van der Waals surface area contributed by atoms with E-state index in [-0.39, 0.29) is 0 Å². The molecule has 1 fully saturated rings. The number of hydrogen-bond donors (Lipinski definition) is 0. The molecule has 0 atom stereocenters. The SMILES string of the molecule is CC#CCN1CCN(c2ccc(C)nn2)CC1. The second kappa shape index (κ2) is 5.65. The summed E-state index contributed by atoms with van der Waals surface area (Å²) in [6.45, 7) is 8.82. The molecule has 0 bridgehead atoms. The molecule has 0 N–H and O–H groups in total. The van der Waals surface area contributed by atoms with Crippen LogP contribution in [0.25, 0.3) is 0 Å². The lowest BCUT2D eigenvalue weighted by Crippen LogP contribution is -2.46. The number of rotatable bonds is 2. The summed E-state index contributed by atoms with van der Waals surface area (Å²) in [6.07, 6.45) is 0. The summed E-state index contributed by atoms with van der Waals surface area (Å²) in [5.41, 5.74) is 0.964. The number of piperazine rings is 1. The molecule has 90 valence electrons. The van der Waals surface area contributed by atoms with Crippen molar-refractivity contribution < 1.29 is 0 Å². The van der Waals surface area contributed by atoms with Crippen molar-refractivity contribution in [2.75, 3.05) is 37.6 Å². The van der Waals surface area contributed by atoms with Gasteiger partial charge < -0.3 is 4.90 Å². The summed E-state index contributed by atoms with van der Waals surface area (Å²) in [6, 6.07) is 4.06. The van der Waals surface area contributed by atoms with Gasteiger partial charge in [-0.2, -0.15) is 5.10 Å². The van der Waals surface area contributed by atoms with E-state index in [9.17, 15) is 0 Å². The Bertz CT molecular complexity index is 407. The quantitative estimate of drug-likeness (QED) is 0.708. The van der Waals surface area contributed by atoms with Gasteiger partial charge in [0.25, 0.3) is 0 Å². The highest BCUT2D eigenvalue weighted by molar-refractivity contribution is 5.37. The lowest BCUT2D eigenvalue weighted by atomic mass is 10.3. The van der Waals surface area contributed by atoms with Crippen molar-refractivity contribution in [3.8, 4) is 11.8 Å². The molecule has 0 saturated carbocycles. The highest BCUT2D eigenvalue weighted by Crippen LogP contribution is 2.12. The predicted octanol–water partition coefficient (Wildman–Crippen LogP) is 0.930. The van der Waals surface area contributed by atoms with Crippen molar-refractivity contribution in [3.63, 3.8) is 0 Å². The summed E-state index contributed by atoms with van der Waals surface area (Å²) in [5, 5.41) is 8.31. The molecule has 1 aromatic heterocycles. The zero-order chi connectivity index (χ0) is 12.1. The van der Waals surface area contributed by atoms with Crippen molar-refractivity contribution >= 4 is 5.82 Å². The highest BCUT2D eigenvalue weighted by atomic mass is 15.3. The monoisotopic (exact) mass is 230 g/mol. The summed E-state index contributed by atoms with van der Waals surface area (Å²) in [7, 11) is 0. The first kappa shape index (κ1) is 11.9. The predicted molar refractivity (Wildman–Crippen MR) is 68.9 cm³/mol. The normalized spacial score (nSPS) is 16.5. The van der Waals surface area contributed by atoms with Gasteiger partial charge in [0.1, 0.15) is 0 Å². The maximum atomic E-state index is 4.22. The second-order valence-electron chi connectivity index (χ2n) is 4.22. The second-order valence-corrected chi connectivity index (χ2v) is 4.22. The third kappa shape index (κ3) is 3.18. The summed E-state index contributed by atoms with van der Waals surface area (Å²) in [5.74, 6) is 7.03. The summed E-state index contributed by atoms with van der Waals surface area (Å²) in [4.78, 5) is 4.65. The molecule has 4 nitrogen and oxygen atoms in total. The third-order valence-corrected chi connectivity index (χ3v) is 2.96. The van der Waals surface area contributed by atoms with Crippen LogP contribution in [0, 0.1) is 18.8 Å². The van der Waals surface area contributed by atoms with E-state index in [1.165, 1.54) is 0 Å². The van der Waals surface area contributed by atoms with E-state index in [1.54, 1.807) is 0 Å². The third-order valence-electron chi connectivity index (χ3n) is 2.96. The van der Waals surface area contributed by atoms with Gasteiger partial charge in [-0.15, -0.1) is 11.0 Å². The molecule has 1 saturated heterocycles. The zero-order valence-electron chi connectivity index (χ0n) is 10.5. The number of aromatic nitrogens is 2. The van der Waals surface area contributed by atoms with Gasteiger partial charge in [-0.3, -0.25) is 4.90 Å². The van der Waals surface area contributed by atoms with Gasteiger partial charge in [0.05, 0.1) is 12.2 Å². The molecule has 1 aliphatic heterocycles. The van der Waals surface area contributed by atoms with E-state index >= 15 is 0 Å². The molecule has 2 heterocycles. The Labute approximate surface area is 103 Å². The van der Waals surface area contributed by atoms with Crippen molar-refractivity contribution in [3.05, 3.63) is 17.8 Å². The molecule has 4 heteroatoms. The van der Waals surface area contributed by atoms with E-state index in [4.69, 9.17) is 0 Å². The highest BCUT2D eigenvalue weighted by Gasteiger charge is 2.17. The van der Waals surface area contributed by atoms with Crippen molar-refractivity contribution in [1.82, 2.24) is 15.1 Å². The minimum absolute atomic E-state index is 0.879. The van der Waals surface area contributed by atoms with E-state index in [0.29, 0.717) is 0 Å². The van der Waals surface area contributed by atoms with Crippen LogP contribution in [0.5, 0.6) is 0 Å². The molecule has 17 heavy (non-hydrogen) atoms. The fourth-order valence-electron chi connectivity index (χ4n) is 1.89. The first-order valence-electron chi connectivity index (χ1n) is 5.97. The largest absolute Gasteiger partial charge is 0.353 e. The van der Waals surface area contributed by atoms with Crippen molar-refractivity contribution in [1.29, 1.82) is 0 Å². The molecule has 2 rings (SSSR count). The fourth-order valence-corrected chi connectivity index (χ4v) is 1.89. The Balaban J connectivity index is 1.89. The van der Waals surface area contributed by atoms with Gasteiger partial charge in [-0.1, -0.05) is 5.92 Å². The van der Waals surface area contributed by atoms with Gasteiger partial charge in [-0.05, 0) is 26.0 Å². The van der Waals surface area contributed by atoms with Crippen LogP contribution in [0.1, 0.15) is 12.6 Å². The van der Waals surface area contributed by atoms with Crippen LogP contribution in [0.15, 0.2) is 12.1 Å². The van der Waals surface area contributed by atoms with E-state index < -0.39 is 0 Å². The van der Waals surface area contributed by atoms with Crippen LogP contribution < -0.4 is 4.90 Å². The summed E-state index contributed by atoms with van der Waals surface area (Å²) >= 11 is 0. The molecular formula is C13H18N4. The van der Waals surface area contributed by atoms with Gasteiger partial charge in [0.2, 0.25) is 0 Å². The molecule has 0 aliphatic carbocycles. The Kier molecular flexibility index (Phi) is 3.94. The van der Waals surface area contributed by atoms with Gasteiger partial charge in [0.15, 0.2) is 5.82 Å². The van der Waals surface area contributed by atoms with E-state index in [0.717, 1.165) is 44.2 Å². The maximum Gasteiger partial charge on any atom is 0.151 e. The standard InChI is InChI=1S/C13H18N4/c1-3-4-7-16-8-10-17(11-9-16)13-6-5-12(2)14-15-13/h5-6H,7-11H2,1-2H3. The van der Waals surface area contributed by atoms with Crippen LogP contribution in [0.4, 0.5) is 5.82 Å². The topological polar surface area (TPSA) is 32.3 Å². The zero-order valence-corrected chi connectivity index (χ0v) is 10.5. The van der Waals surface area contributed by atoms with E-state index in [1.807, 2.05) is 26.0 Å². The van der Waals surface area contributed by atoms with Crippen LogP contribution in [0.3, 0.4) is 0 Å². The first-order chi connectivity index (χ1) is 8.29. The van der Waals surface area contributed by atoms with Gasteiger partial charge >= 0.3 is 0 Å². The lowest BCUT2D eigenvalue weighted by Gasteiger charge is -2.34. The average Bonchev–Trinajstić information content (AvgIpc) is 2.38. The Morgan fingerprint density at radius 2 is 1.94 bits per heavy atom. The van der Waals surface area contributed by atoms with Crippen molar-refractivity contribution in [2.45, 2.75) is 13.8 Å². The van der Waals surface area contributed by atoms with Gasteiger partial charge in [0, 0.05) is 26.2 Å². The molecule has 1 aliphatic rings.